The van der Waals surface area contributed by atoms with Crippen molar-refractivity contribution in [2.45, 2.75) is 26.8 Å². The average Bonchev–Trinajstić information content (AvgIpc) is 2.09. The number of Topliss-reactive ketones (excluding diaryl/α,β-unsaturated/α-hetero) is 2. The number of allylic oxidation sites excluding steroid dienone is 2. The maximum absolute atomic E-state index is 11.3. The molecule has 0 saturated carbocycles. The van der Waals surface area contributed by atoms with Gasteiger partial charge in [0.05, 0.1) is 6.20 Å². The van der Waals surface area contributed by atoms with Gasteiger partial charge in [-0.05, 0) is 19.9 Å². The summed E-state index contributed by atoms with van der Waals surface area (Å²) < 4.78 is 1.44. The Balaban J connectivity index is 5.32. The van der Waals surface area contributed by atoms with Gasteiger partial charge in [-0.3, -0.25) is 15.3 Å². The van der Waals surface area contributed by atoms with Gasteiger partial charge < -0.3 is 0 Å². The van der Waals surface area contributed by atoms with Crippen molar-refractivity contribution in [3.05, 3.63) is 24.9 Å². The first kappa shape index (κ1) is 13.3. The second kappa shape index (κ2) is 5.90. The van der Waals surface area contributed by atoms with E-state index in [1.165, 1.54) is 18.4 Å². The molecule has 0 aliphatic carbocycles. The highest BCUT2D eigenvalue weighted by atomic mass is 16.2. The number of carbonyl (C=O) groups is 2. The molecule has 0 aromatic carbocycles. The summed E-state index contributed by atoms with van der Waals surface area (Å²) in [4.78, 5) is 22.6. The molecule has 0 aromatic heterocycles. The van der Waals surface area contributed by atoms with E-state index in [0.29, 0.717) is 5.84 Å². The zero-order valence-electron chi connectivity index (χ0n) is 9.36. The number of carbonyl (C=O) groups excluding carboxylic acids is 2. The first-order valence-electron chi connectivity index (χ1n) is 4.59. The zero-order chi connectivity index (χ0) is 12.0. The van der Waals surface area contributed by atoms with Crippen LogP contribution in [0.2, 0.25) is 0 Å². The molecular formula is C11H17N2O2+. The van der Waals surface area contributed by atoms with E-state index in [4.69, 9.17) is 5.73 Å². The molecule has 0 heterocycles. The topological polar surface area (TPSA) is 63.2 Å². The summed E-state index contributed by atoms with van der Waals surface area (Å²) in [7, 11) is 0. The molecule has 0 rings (SSSR count). The van der Waals surface area contributed by atoms with Gasteiger partial charge in [-0.2, -0.15) is 0 Å². The van der Waals surface area contributed by atoms with Crippen LogP contribution in [0.1, 0.15) is 20.8 Å². The predicted molar refractivity (Wildman–Crippen MR) is 59.6 cm³/mol. The van der Waals surface area contributed by atoms with Gasteiger partial charge in [0, 0.05) is 6.92 Å². The molecule has 0 bridgehead atoms. The highest BCUT2D eigenvalue weighted by Gasteiger charge is 2.27. The first-order valence-corrected chi connectivity index (χ1v) is 4.59. The number of hydrogen-bond acceptors (Lipinski definition) is 2. The SMILES string of the molecule is C=C/C=C\[N+](=C(C)N)C(C(C)=O)C(C)=O. The van der Waals surface area contributed by atoms with Crippen molar-refractivity contribution in [1.82, 2.24) is 0 Å². The van der Waals surface area contributed by atoms with Gasteiger partial charge in [-0.1, -0.05) is 12.7 Å². The zero-order valence-corrected chi connectivity index (χ0v) is 9.36. The standard InChI is InChI=1S/C11H16N2O2/c1-5-6-7-13(10(4)12)11(8(2)14)9(3)15/h5-7,11-12H,1H2,2-4H3/p+1/b7-6-. The Labute approximate surface area is 89.8 Å². The number of hydrogen-bond donors (Lipinski definition) is 1. The van der Waals surface area contributed by atoms with Crippen LogP contribution >= 0.6 is 0 Å². The van der Waals surface area contributed by atoms with E-state index in [1.54, 1.807) is 25.3 Å². The molecule has 0 fully saturated rings. The molecule has 82 valence electrons. The maximum atomic E-state index is 11.3. The molecule has 4 heteroatoms. The summed E-state index contributed by atoms with van der Waals surface area (Å²) in [5.41, 5.74) is 5.61. The maximum Gasteiger partial charge on any atom is 0.245 e. The molecule has 0 atom stereocenters. The van der Waals surface area contributed by atoms with Crippen molar-refractivity contribution < 1.29 is 14.2 Å². The number of nitrogens with two attached hydrogens (primary N) is 1. The molecule has 0 aromatic rings. The summed E-state index contributed by atoms with van der Waals surface area (Å²) in [5, 5.41) is 0. The Hall–Kier alpha value is -1.71. The third kappa shape index (κ3) is 3.89. The molecule has 2 N–H and O–H groups in total. The van der Waals surface area contributed by atoms with Crippen LogP contribution in [0.4, 0.5) is 0 Å². The normalized spacial score (nSPS) is 12.8. The van der Waals surface area contributed by atoms with Crippen molar-refractivity contribution in [3.63, 3.8) is 0 Å². The van der Waals surface area contributed by atoms with Crippen LogP contribution in [0.5, 0.6) is 0 Å². The lowest BCUT2D eigenvalue weighted by molar-refractivity contribution is -0.472. The molecule has 0 saturated heterocycles. The lowest BCUT2D eigenvalue weighted by Crippen LogP contribution is -2.40. The second-order valence-corrected chi connectivity index (χ2v) is 3.25. The smallest absolute Gasteiger partial charge is 0.245 e. The molecule has 0 aliphatic heterocycles. The minimum absolute atomic E-state index is 0.235. The van der Waals surface area contributed by atoms with Crippen molar-refractivity contribution in [3.8, 4) is 0 Å². The van der Waals surface area contributed by atoms with Crippen LogP contribution in [-0.2, 0) is 9.59 Å². The van der Waals surface area contributed by atoms with E-state index in [2.05, 4.69) is 6.58 Å². The first-order chi connectivity index (χ1) is 6.91. The van der Waals surface area contributed by atoms with Crippen LogP contribution in [0.15, 0.2) is 24.9 Å². The van der Waals surface area contributed by atoms with Crippen LogP contribution < -0.4 is 5.73 Å². The Morgan fingerprint density at radius 1 is 1.27 bits per heavy atom. The van der Waals surface area contributed by atoms with Crippen LogP contribution in [0.3, 0.4) is 0 Å². The van der Waals surface area contributed by atoms with Crippen molar-refractivity contribution >= 4 is 17.4 Å². The van der Waals surface area contributed by atoms with Gasteiger partial charge in [0.2, 0.25) is 11.9 Å². The Kier molecular flexibility index (Phi) is 5.23. The highest BCUT2D eigenvalue weighted by molar-refractivity contribution is 6.03. The van der Waals surface area contributed by atoms with Crippen LogP contribution in [-0.4, -0.2) is 28.0 Å². The van der Waals surface area contributed by atoms with Gasteiger partial charge >= 0.3 is 0 Å². The Morgan fingerprint density at radius 3 is 2.00 bits per heavy atom. The van der Waals surface area contributed by atoms with Gasteiger partial charge in [0.1, 0.15) is 0 Å². The van der Waals surface area contributed by atoms with Crippen molar-refractivity contribution in [2.24, 2.45) is 5.73 Å². The summed E-state index contributed by atoms with van der Waals surface area (Å²) in [6.07, 6.45) is 4.73. The molecule has 0 radical (unpaired) electrons. The van der Waals surface area contributed by atoms with E-state index in [9.17, 15) is 9.59 Å². The molecule has 0 amide bonds. The van der Waals surface area contributed by atoms with E-state index in [1.807, 2.05) is 0 Å². The van der Waals surface area contributed by atoms with Gasteiger partial charge in [0.15, 0.2) is 11.6 Å². The largest absolute Gasteiger partial charge is 0.295 e. The van der Waals surface area contributed by atoms with Gasteiger partial charge in [-0.25, -0.2) is 4.58 Å². The highest BCUT2D eigenvalue weighted by Crippen LogP contribution is 1.98. The molecule has 4 nitrogen and oxygen atoms in total. The fourth-order valence-corrected chi connectivity index (χ4v) is 1.24. The fraction of sp³-hybridized carbons (Fsp3) is 0.364. The number of nitrogens with zero attached hydrogens (tertiary/aromatic N) is 1. The quantitative estimate of drug-likeness (QED) is 0.237. The molecule has 0 aliphatic rings. The lowest BCUT2D eigenvalue weighted by atomic mass is 10.1. The third-order valence-electron chi connectivity index (χ3n) is 1.84. The molecular weight excluding hydrogens is 192 g/mol. The molecule has 0 spiro atoms. The average molecular weight is 209 g/mol. The third-order valence-corrected chi connectivity index (χ3v) is 1.84. The monoisotopic (exact) mass is 209 g/mol. The van der Waals surface area contributed by atoms with E-state index in [-0.39, 0.29) is 11.6 Å². The van der Waals surface area contributed by atoms with Crippen molar-refractivity contribution in [1.29, 1.82) is 0 Å². The van der Waals surface area contributed by atoms with E-state index >= 15 is 0 Å². The summed E-state index contributed by atoms with van der Waals surface area (Å²) in [6, 6.07) is -0.841. The van der Waals surface area contributed by atoms with Crippen molar-refractivity contribution in [2.75, 3.05) is 0 Å². The lowest BCUT2D eigenvalue weighted by Gasteiger charge is -2.11. The second-order valence-electron chi connectivity index (χ2n) is 3.25. The minimum Gasteiger partial charge on any atom is -0.295 e. The van der Waals surface area contributed by atoms with E-state index < -0.39 is 6.04 Å². The molecule has 0 unspecified atom stereocenters. The summed E-state index contributed by atoms with van der Waals surface area (Å²) >= 11 is 0. The molecule has 15 heavy (non-hydrogen) atoms. The van der Waals surface area contributed by atoms with Crippen LogP contribution in [0, 0.1) is 0 Å². The van der Waals surface area contributed by atoms with Gasteiger partial charge in [0.25, 0.3) is 0 Å². The predicted octanol–water partition coefficient (Wildman–Crippen LogP) is 0.622. The Bertz CT molecular complexity index is 322. The number of ketones is 2. The summed E-state index contributed by atoms with van der Waals surface area (Å²) in [5.74, 6) is -0.0782. The number of amidine groups is 1. The Morgan fingerprint density at radius 2 is 1.73 bits per heavy atom. The van der Waals surface area contributed by atoms with Crippen LogP contribution in [0.25, 0.3) is 0 Å². The van der Waals surface area contributed by atoms with E-state index in [0.717, 1.165) is 0 Å². The number of rotatable bonds is 5. The minimum atomic E-state index is -0.841. The summed E-state index contributed by atoms with van der Waals surface area (Å²) in [6.45, 7) is 7.87. The fourth-order valence-electron chi connectivity index (χ4n) is 1.24. The van der Waals surface area contributed by atoms with Gasteiger partial charge in [-0.15, -0.1) is 0 Å².